The summed E-state index contributed by atoms with van der Waals surface area (Å²) in [5, 5.41) is 3.11. The van der Waals surface area contributed by atoms with Crippen LogP contribution < -0.4 is 5.32 Å². The molecule has 0 bridgehead atoms. The van der Waals surface area contributed by atoms with Crippen LogP contribution in [0.5, 0.6) is 0 Å². The second kappa shape index (κ2) is 7.06. The van der Waals surface area contributed by atoms with Gasteiger partial charge in [-0.15, -0.1) is 0 Å². The Morgan fingerprint density at radius 3 is 2.57 bits per heavy atom. The second-order valence-electron chi connectivity index (χ2n) is 5.40. The molecule has 21 heavy (non-hydrogen) atoms. The minimum atomic E-state index is -0.0711. The summed E-state index contributed by atoms with van der Waals surface area (Å²) in [7, 11) is 3.41. The number of carbonyl (C=O) groups excluding carboxylic acids is 2. The average Bonchev–Trinajstić information content (AvgIpc) is 3.01. The van der Waals surface area contributed by atoms with Gasteiger partial charge in [0.25, 0.3) is 5.91 Å². The van der Waals surface area contributed by atoms with Crippen LogP contribution in [0, 0.1) is 0 Å². The summed E-state index contributed by atoms with van der Waals surface area (Å²) in [5.74, 6) is 0.803. The smallest absolute Gasteiger partial charge is 0.254 e. The van der Waals surface area contributed by atoms with Gasteiger partial charge >= 0.3 is 0 Å². The Morgan fingerprint density at radius 1 is 1.29 bits per heavy atom. The van der Waals surface area contributed by atoms with E-state index in [4.69, 9.17) is 0 Å². The molecule has 1 aromatic heterocycles. The third kappa shape index (κ3) is 4.18. The Morgan fingerprint density at radius 2 is 2.00 bits per heavy atom. The van der Waals surface area contributed by atoms with Gasteiger partial charge < -0.3 is 15.1 Å². The van der Waals surface area contributed by atoms with Crippen molar-refractivity contribution in [3.8, 4) is 0 Å². The summed E-state index contributed by atoms with van der Waals surface area (Å²) in [6.07, 6.45) is 4.25. The SMILES string of the molecule is CN(C)C(=O)c1ccc(NCCC(=O)N2CCCC2)nc1. The van der Waals surface area contributed by atoms with Gasteiger partial charge in [-0.2, -0.15) is 0 Å². The number of carbonyl (C=O) groups is 2. The van der Waals surface area contributed by atoms with Gasteiger partial charge in [-0.3, -0.25) is 9.59 Å². The summed E-state index contributed by atoms with van der Waals surface area (Å²) >= 11 is 0. The van der Waals surface area contributed by atoms with E-state index >= 15 is 0 Å². The van der Waals surface area contributed by atoms with E-state index in [0.717, 1.165) is 25.9 Å². The van der Waals surface area contributed by atoms with Crippen molar-refractivity contribution in [2.45, 2.75) is 19.3 Å². The first kappa shape index (κ1) is 15.3. The van der Waals surface area contributed by atoms with Crippen molar-refractivity contribution >= 4 is 17.6 Å². The van der Waals surface area contributed by atoms with Crippen molar-refractivity contribution in [3.05, 3.63) is 23.9 Å². The third-order valence-electron chi connectivity index (χ3n) is 3.52. The molecule has 0 aromatic carbocycles. The lowest BCUT2D eigenvalue weighted by Crippen LogP contribution is -2.29. The molecule has 0 spiro atoms. The fourth-order valence-electron chi connectivity index (χ4n) is 2.31. The maximum absolute atomic E-state index is 11.9. The van der Waals surface area contributed by atoms with Gasteiger partial charge in [0.05, 0.1) is 5.56 Å². The maximum atomic E-state index is 11.9. The van der Waals surface area contributed by atoms with E-state index in [1.165, 1.54) is 4.90 Å². The molecular formula is C15H22N4O2. The van der Waals surface area contributed by atoms with Crippen LogP contribution in [0.3, 0.4) is 0 Å². The predicted molar refractivity (Wildman–Crippen MR) is 81.2 cm³/mol. The van der Waals surface area contributed by atoms with Gasteiger partial charge in [0.2, 0.25) is 5.91 Å². The largest absolute Gasteiger partial charge is 0.370 e. The molecule has 1 aliphatic heterocycles. The van der Waals surface area contributed by atoms with E-state index in [2.05, 4.69) is 10.3 Å². The van der Waals surface area contributed by atoms with Gasteiger partial charge in [0.15, 0.2) is 0 Å². The molecule has 1 N–H and O–H groups in total. The molecule has 0 radical (unpaired) electrons. The number of rotatable bonds is 5. The van der Waals surface area contributed by atoms with Crippen molar-refractivity contribution in [2.24, 2.45) is 0 Å². The fraction of sp³-hybridized carbons (Fsp3) is 0.533. The normalized spacial score (nSPS) is 14.1. The van der Waals surface area contributed by atoms with Crippen LogP contribution in [-0.2, 0) is 4.79 Å². The summed E-state index contributed by atoms with van der Waals surface area (Å²) in [6.45, 7) is 2.33. The first-order valence-corrected chi connectivity index (χ1v) is 7.27. The third-order valence-corrected chi connectivity index (χ3v) is 3.52. The Balaban J connectivity index is 1.78. The van der Waals surface area contributed by atoms with Gasteiger partial charge in [0, 0.05) is 46.3 Å². The molecule has 0 aliphatic carbocycles. The van der Waals surface area contributed by atoms with Crippen molar-refractivity contribution in [1.29, 1.82) is 0 Å². The molecule has 0 atom stereocenters. The van der Waals surface area contributed by atoms with Crippen molar-refractivity contribution in [2.75, 3.05) is 39.0 Å². The van der Waals surface area contributed by atoms with Crippen LogP contribution in [0.2, 0.25) is 0 Å². The molecular weight excluding hydrogens is 268 g/mol. The maximum Gasteiger partial charge on any atom is 0.254 e. The molecule has 2 rings (SSSR count). The van der Waals surface area contributed by atoms with Crippen LogP contribution in [0.4, 0.5) is 5.82 Å². The molecule has 2 heterocycles. The van der Waals surface area contributed by atoms with Crippen LogP contribution in [0.15, 0.2) is 18.3 Å². The minimum absolute atomic E-state index is 0.0711. The molecule has 6 nitrogen and oxygen atoms in total. The summed E-state index contributed by atoms with van der Waals surface area (Å²) in [4.78, 5) is 31.2. The number of aromatic nitrogens is 1. The Hall–Kier alpha value is -2.11. The van der Waals surface area contributed by atoms with Gasteiger partial charge in [-0.05, 0) is 25.0 Å². The summed E-state index contributed by atoms with van der Waals surface area (Å²) in [6, 6.07) is 3.50. The molecule has 0 unspecified atom stereocenters. The van der Waals surface area contributed by atoms with Crippen LogP contribution >= 0.6 is 0 Å². The quantitative estimate of drug-likeness (QED) is 0.885. The molecule has 1 aromatic rings. The first-order valence-electron chi connectivity index (χ1n) is 7.27. The Kier molecular flexibility index (Phi) is 5.14. The van der Waals surface area contributed by atoms with E-state index in [9.17, 15) is 9.59 Å². The number of nitrogens with one attached hydrogen (secondary N) is 1. The Labute approximate surface area is 125 Å². The van der Waals surface area contributed by atoms with E-state index in [0.29, 0.717) is 24.3 Å². The molecule has 0 saturated carbocycles. The van der Waals surface area contributed by atoms with Crippen LogP contribution in [0.25, 0.3) is 0 Å². The standard InChI is InChI=1S/C15H22N4O2/c1-18(2)15(21)12-5-6-13(17-11-12)16-8-7-14(20)19-9-3-4-10-19/h5-6,11H,3-4,7-10H2,1-2H3,(H,16,17). The number of amides is 2. The van der Waals surface area contributed by atoms with E-state index in [1.54, 1.807) is 32.4 Å². The number of pyridine rings is 1. The highest BCUT2D eigenvalue weighted by Crippen LogP contribution is 2.10. The minimum Gasteiger partial charge on any atom is -0.370 e. The van der Waals surface area contributed by atoms with Crippen LogP contribution in [-0.4, -0.2) is 60.3 Å². The zero-order chi connectivity index (χ0) is 15.2. The molecule has 6 heteroatoms. The number of hydrogen-bond acceptors (Lipinski definition) is 4. The molecule has 2 amide bonds. The van der Waals surface area contributed by atoms with Crippen LogP contribution in [0.1, 0.15) is 29.6 Å². The summed E-state index contributed by atoms with van der Waals surface area (Å²) < 4.78 is 0. The number of nitrogens with zero attached hydrogens (tertiary/aromatic N) is 3. The topological polar surface area (TPSA) is 65.5 Å². The van der Waals surface area contributed by atoms with Gasteiger partial charge in [-0.25, -0.2) is 4.98 Å². The highest BCUT2D eigenvalue weighted by atomic mass is 16.2. The number of anilines is 1. The molecule has 1 saturated heterocycles. The van der Waals surface area contributed by atoms with Crippen molar-refractivity contribution in [1.82, 2.24) is 14.8 Å². The highest BCUT2D eigenvalue weighted by molar-refractivity contribution is 5.93. The number of likely N-dealkylation sites (tertiary alicyclic amines) is 1. The zero-order valence-electron chi connectivity index (χ0n) is 12.6. The molecule has 114 valence electrons. The number of hydrogen-bond donors (Lipinski definition) is 1. The van der Waals surface area contributed by atoms with Crippen molar-refractivity contribution < 1.29 is 9.59 Å². The first-order chi connectivity index (χ1) is 10.1. The summed E-state index contributed by atoms with van der Waals surface area (Å²) in [5.41, 5.74) is 0.554. The van der Waals surface area contributed by atoms with E-state index < -0.39 is 0 Å². The average molecular weight is 290 g/mol. The van der Waals surface area contributed by atoms with Gasteiger partial charge in [-0.1, -0.05) is 0 Å². The Bertz CT molecular complexity index is 493. The second-order valence-corrected chi connectivity index (χ2v) is 5.40. The lowest BCUT2D eigenvalue weighted by Gasteiger charge is -2.15. The zero-order valence-corrected chi connectivity index (χ0v) is 12.6. The monoisotopic (exact) mass is 290 g/mol. The lowest BCUT2D eigenvalue weighted by molar-refractivity contribution is -0.129. The van der Waals surface area contributed by atoms with Gasteiger partial charge in [0.1, 0.15) is 5.82 Å². The predicted octanol–water partition coefficient (Wildman–Crippen LogP) is 1.21. The molecule has 1 fully saturated rings. The molecule has 1 aliphatic rings. The van der Waals surface area contributed by atoms with E-state index in [-0.39, 0.29) is 11.8 Å². The lowest BCUT2D eigenvalue weighted by atomic mass is 10.2. The fourth-order valence-corrected chi connectivity index (χ4v) is 2.31. The van der Waals surface area contributed by atoms with E-state index in [1.807, 2.05) is 4.90 Å². The highest BCUT2D eigenvalue weighted by Gasteiger charge is 2.17. The van der Waals surface area contributed by atoms with Crippen molar-refractivity contribution in [3.63, 3.8) is 0 Å².